The van der Waals surface area contributed by atoms with Gasteiger partial charge in [-0.15, -0.1) is 0 Å². The van der Waals surface area contributed by atoms with Crippen LogP contribution in [-0.2, 0) is 4.74 Å². The molecule has 1 fully saturated rings. The fourth-order valence-corrected chi connectivity index (χ4v) is 2.79. The van der Waals surface area contributed by atoms with Gasteiger partial charge in [0.05, 0.1) is 6.10 Å². The van der Waals surface area contributed by atoms with Crippen LogP contribution < -0.4 is 10.6 Å². The molecule has 0 radical (unpaired) electrons. The number of nitrogens with one attached hydrogen (secondary N) is 2. The van der Waals surface area contributed by atoms with Crippen molar-refractivity contribution in [3.05, 3.63) is 0 Å². The molecule has 0 saturated heterocycles. The van der Waals surface area contributed by atoms with Gasteiger partial charge in [0.15, 0.2) is 0 Å². The number of amides is 1. The summed E-state index contributed by atoms with van der Waals surface area (Å²) in [6.45, 7) is 10.6. The van der Waals surface area contributed by atoms with E-state index in [1.165, 1.54) is 0 Å². The second-order valence-corrected chi connectivity index (χ2v) is 7.77. The van der Waals surface area contributed by atoms with E-state index < -0.39 is 5.60 Å². The summed E-state index contributed by atoms with van der Waals surface area (Å²) in [5.74, 6) is 0. The second kappa shape index (κ2) is 8.16. The number of carbonyl (C=O) groups is 1. The van der Waals surface area contributed by atoms with E-state index in [1.54, 1.807) is 0 Å². The fourth-order valence-electron chi connectivity index (χ4n) is 2.79. The first-order valence-corrected chi connectivity index (χ1v) is 8.56. The van der Waals surface area contributed by atoms with E-state index >= 15 is 0 Å². The monoisotopic (exact) mass is 314 g/mol. The number of aliphatic hydroxyl groups is 1. The first kappa shape index (κ1) is 19.2. The number of aliphatic hydroxyl groups excluding tert-OH is 1. The zero-order chi connectivity index (χ0) is 16.8. The minimum atomic E-state index is -0.459. The van der Waals surface area contributed by atoms with Crippen molar-refractivity contribution in [2.24, 2.45) is 0 Å². The van der Waals surface area contributed by atoms with E-state index in [0.717, 1.165) is 45.1 Å². The zero-order valence-corrected chi connectivity index (χ0v) is 14.9. The summed E-state index contributed by atoms with van der Waals surface area (Å²) in [7, 11) is 0. The van der Waals surface area contributed by atoms with Gasteiger partial charge < -0.3 is 20.5 Å². The summed E-state index contributed by atoms with van der Waals surface area (Å²) in [6, 6.07) is 0.484. The van der Waals surface area contributed by atoms with Crippen molar-refractivity contribution in [3.8, 4) is 0 Å². The lowest BCUT2D eigenvalue weighted by atomic mass is 9.81. The summed E-state index contributed by atoms with van der Waals surface area (Å²) >= 11 is 0. The largest absolute Gasteiger partial charge is 0.444 e. The molecule has 1 rings (SSSR count). The third-order valence-electron chi connectivity index (χ3n) is 4.27. The van der Waals surface area contributed by atoms with Crippen LogP contribution in [0.25, 0.3) is 0 Å². The van der Waals surface area contributed by atoms with E-state index in [-0.39, 0.29) is 17.7 Å². The molecule has 0 aliphatic heterocycles. The molecule has 1 unspecified atom stereocenters. The average molecular weight is 314 g/mol. The van der Waals surface area contributed by atoms with Gasteiger partial charge in [0, 0.05) is 11.6 Å². The molecule has 0 bridgehead atoms. The topological polar surface area (TPSA) is 70.6 Å². The Morgan fingerprint density at radius 2 is 1.95 bits per heavy atom. The van der Waals surface area contributed by atoms with Gasteiger partial charge in [-0.05, 0) is 72.8 Å². The Morgan fingerprint density at radius 1 is 1.36 bits per heavy atom. The highest BCUT2D eigenvalue weighted by Crippen LogP contribution is 2.28. The fraction of sp³-hybridized carbons (Fsp3) is 0.941. The summed E-state index contributed by atoms with van der Waals surface area (Å²) in [6.07, 6.45) is 5.05. The standard InChI is InChI=1S/C17H34N2O3/c1-6-14(20)9-12-18-13-7-10-17(5,11-8-13)19-15(21)22-16(2,3)4/h13-14,18,20H,6-12H2,1-5H3,(H,19,21). The SMILES string of the molecule is CCC(O)CCNC1CCC(C)(NC(=O)OC(C)(C)C)CC1. The van der Waals surface area contributed by atoms with Gasteiger partial charge in [0.25, 0.3) is 0 Å². The van der Waals surface area contributed by atoms with E-state index in [4.69, 9.17) is 4.74 Å². The minimum absolute atomic E-state index is 0.177. The molecule has 0 aromatic carbocycles. The second-order valence-electron chi connectivity index (χ2n) is 7.77. The Kier molecular flexibility index (Phi) is 7.13. The summed E-state index contributed by atoms with van der Waals surface area (Å²) < 4.78 is 5.34. The summed E-state index contributed by atoms with van der Waals surface area (Å²) in [5, 5.41) is 16.1. The Bertz CT molecular complexity index is 344. The highest BCUT2D eigenvalue weighted by Gasteiger charge is 2.33. The first-order valence-electron chi connectivity index (χ1n) is 8.56. The molecule has 1 aliphatic rings. The van der Waals surface area contributed by atoms with Crippen LogP contribution in [0, 0.1) is 0 Å². The van der Waals surface area contributed by atoms with Gasteiger partial charge in [0.2, 0.25) is 0 Å². The number of rotatable bonds is 6. The lowest BCUT2D eigenvalue weighted by Crippen LogP contribution is -2.52. The number of ether oxygens (including phenoxy) is 1. The van der Waals surface area contributed by atoms with Gasteiger partial charge >= 0.3 is 6.09 Å². The van der Waals surface area contributed by atoms with Crippen molar-refractivity contribution < 1.29 is 14.6 Å². The Morgan fingerprint density at radius 3 is 2.45 bits per heavy atom. The molecule has 1 amide bonds. The number of hydrogen-bond donors (Lipinski definition) is 3. The van der Waals surface area contributed by atoms with Crippen molar-refractivity contribution in [1.29, 1.82) is 0 Å². The molecule has 0 aromatic heterocycles. The highest BCUT2D eigenvalue weighted by molar-refractivity contribution is 5.68. The molecule has 130 valence electrons. The van der Waals surface area contributed by atoms with Crippen LogP contribution in [-0.4, -0.2) is 41.0 Å². The van der Waals surface area contributed by atoms with E-state index in [1.807, 2.05) is 27.7 Å². The lowest BCUT2D eigenvalue weighted by Gasteiger charge is -2.38. The number of hydrogen-bond acceptors (Lipinski definition) is 4. The van der Waals surface area contributed by atoms with Crippen molar-refractivity contribution in [1.82, 2.24) is 10.6 Å². The van der Waals surface area contributed by atoms with Crippen LogP contribution in [0.5, 0.6) is 0 Å². The van der Waals surface area contributed by atoms with E-state index in [2.05, 4.69) is 17.6 Å². The molecule has 0 heterocycles. The first-order chi connectivity index (χ1) is 10.1. The normalized spacial score (nSPS) is 27.3. The van der Waals surface area contributed by atoms with Gasteiger partial charge in [-0.2, -0.15) is 0 Å². The summed E-state index contributed by atoms with van der Waals surface area (Å²) in [5.41, 5.74) is -0.636. The van der Waals surface area contributed by atoms with Gasteiger partial charge in [-0.3, -0.25) is 0 Å². The maximum Gasteiger partial charge on any atom is 0.408 e. The van der Waals surface area contributed by atoms with Crippen molar-refractivity contribution in [3.63, 3.8) is 0 Å². The third kappa shape index (κ3) is 7.45. The van der Waals surface area contributed by atoms with Crippen LogP contribution in [0.3, 0.4) is 0 Å². The molecular formula is C17H34N2O3. The van der Waals surface area contributed by atoms with Crippen LogP contribution in [0.1, 0.15) is 73.1 Å². The molecule has 5 nitrogen and oxygen atoms in total. The van der Waals surface area contributed by atoms with Crippen LogP contribution in [0.4, 0.5) is 4.79 Å². The van der Waals surface area contributed by atoms with Crippen LogP contribution >= 0.6 is 0 Å². The van der Waals surface area contributed by atoms with Crippen LogP contribution in [0.2, 0.25) is 0 Å². The molecule has 0 spiro atoms. The van der Waals surface area contributed by atoms with Gasteiger partial charge in [0.1, 0.15) is 5.60 Å². The molecule has 22 heavy (non-hydrogen) atoms. The quantitative estimate of drug-likeness (QED) is 0.705. The molecule has 5 heteroatoms. The van der Waals surface area contributed by atoms with E-state index in [0.29, 0.717) is 6.04 Å². The Labute approximate surface area is 135 Å². The van der Waals surface area contributed by atoms with Gasteiger partial charge in [-0.25, -0.2) is 4.79 Å². The number of carbonyl (C=O) groups excluding carboxylic acids is 1. The number of alkyl carbamates (subject to hydrolysis) is 1. The highest BCUT2D eigenvalue weighted by atomic mass is 16.6. The van der Waals surface area contributed by atoms with Crippen molar-refractivity contribution >= 4 is 6.09 Å². The molecule has 3 N–H and O–H groups in total. The van der Waals surface area contributed by atoms with E-state index in [9.17, 15) is 9.90 Å². The molecule has 1 atom stereocenters. The lowest BCUT2D eigenvalue weighted by molar-refractivity contribution is 0.0430. The van der Waals surface area contributed by atoms with Crippen molar-refractivity contribution in [2.75, 3.05) is 6.54 Å². The zero-order valence-electron chi connectivity index (χ0n) is 14.9. The smallest absolute Gasteiger partial charge is 0.408 e. The Hall–Kier alpha value is -0.810. The Balaban J connectivity index is 2.29. The average Bonchev–Trinajstić information content (AvgIpc) is 2.38. The minimum Gasteiger partial charge on any atom is -0.444 e. The summed E-state index contributed by atoms with van der Waals surface area (Å²) in [4.78, 5) is 11.9. The molecule has 1 saturated carbocycles. The van der Waals surface area contributed by atoms with Crippen LogP contribution in [0.15, 0.2) is 0 Å². The maximum absolute atomic E-state index is 11.9. The molecule has 1 aliphatic carbocycles. The molecular weight excluding hydrogens is 280 g/mol. The third-order valence-corrected chi connectivity index (χ3v) is 4.27. The predicted octanol–water partition coefficient (Wildman–Crippen LogP) is 2.96. The maximum atomic E-state index is 11.9. The molecule has 0 aromatic rings. The van der Waals surface area contributed by atoms with Gasteiger partial charge in [-0.1, -0.05) is 6.92 Å². The van der Waals surface area contributed by atoms with Crippen molar-refractivity contribution in [2.45, 2.75) is 96.4 Å². The predicted molar refractivity (Wildman–Crippen MR) is 88.9 cm³/mol.